The van der Waals surface area contributed by atoms with Gasteiger partial charge in [-0.3, -0.25) is 9.59 Å². The van der Waals surface area contributed by atoms with Crippen LogP contribution in [0.1, 0.15) is 37.7 Å². The van der Waals surface area contributed by atoms with Gasteiger partial charge < -0.3 is 14.6 Å². The van der Waals surface area contributed by atoms with Gasteiger partial charge in [-0.25, -0.2) is 0 Å². The lowest BCUT2D eigenvalue weighted by atomic mass is 9.93. The first-order valence-corrected chi connectivity index (χ1v) is 10.3. The van der Waals surface area contributed by atoms with Crippen LogP contribution < -0.4 is 4.90 Å². The Morgan fingerprint density at radius 1 is 0.966 bits per heavy atom. The highest BCUT2D eigenvalue weighted by Gasteiger charge is 2.27. The Labute approximate surface area is 170 Å². The van der Waals surface area contributed by atoms with Gasteiger partial charge in [-0.2, -0.15) is 0 Å². The molecule has 1 amide bonds. The second-order valence-corrected chi connectivity index (χ2v) is 7.59. The number of hydrogen-bond acceptors (Lipinski definition) is 3. The number of amides is 1. The molecule has 1 saturated carbocycles. The molecule has 0 bridgehead atoms. The van der Waals surface area contributed by atoms with E-state index in [1.807, 2.05) is 65.7 Å². The van der Waals surface area contributed by atoms with Crippen molar-refractivity contribution in [3.8, 4) is 0 Å². The van der Waals surface area contributed by atoms with E-state index in [1.165, 1.54) is 6.42 Å². The largest absolute Gasteiger partial charge is 0.455 e. The van der Waals surface area contributed by atoms with E-state index < -0.39 is 0 Å². The maximum atomic E-state index is 13.0. The zero-order valence-electron chi connectivity index (χ0n) is 16.5. The molecular weight excluding hydrogens is 364 g/mol. The van der Waals surface area contributed by atoms with Gasteiger partial charge in [0.05, 0.1) is 6.42 Å². The Balaban J connectivity index is 1.41. The Morgan fingerprint density at radius 3 is 2.48 bits per heavy atom. The number of rotatable bonds is 6. The average molecular weight is 390 g/mol. The standard InChI is InChI=1S/C24H26N2O3/c27-23(26(19-9-3-1-4-10-19)20-11-5-2-6-12-20)17-29-24(28)15-18-16-25-22-14-8-7-13-21(18)22/h1,3-4,7-10,13-14,16,20,25H,2,5-6,11-12,15,17H2. The maximum Gasteiger partial charge on any atom is 0.310 e. The van der Waals surface area contributed by atoms with Crippen LogP contribution in [-0.2, 0) is 20.7 Å². The molecule has 1 aliphatic carbocycles. The fraction of sp³-hybridized carbons (Fsp3) is 0.333. The van der Waals surface area contributed by atoms with E-state index in [2.05, 4.69) is 4.98 Å². The van der Waals surface area contributed by atoms with Crippen LogP contribution in [0.25, 0.3) is 10.9 Å². The number of esters is 1. The molecule has 0 spiro atoms. The Morgan fingerprint density at radius 2 is 1.69 bits per heavy atom. The predicted molar refractivity (Wildman–Crippen MR) is 114 cm³/mol. The fourth-order valence-corrected chi connectivity index (χ4v) is 4.18. The number of benzene rings is 2. The number of aromatic amines is 1. The number of para-hydroxylation sites is 2. The highest BCUT2D eigenvalue weighted by atomic mass is 16.5. The summed E-state index contributed by atoms with van der Waals surface area (Å²) >= 11 is 0. The lowest BCUT2D eigenvalue weighted by molar-refractivity contribution is -0.147. The van der Waals surface area contributed by atoms with Crippen LogP contribution >= 0.6 is 0 Å². The lowest BCUT2D eigenvalue weighted by Crippen LogP contribution is -2.44. The minimum absolute atomic E-state index is 0.145. The van der Waals surface area contributed by atoms with E-state index in [1.54, 1.807) is 0 Å². The predicted octanol–water partition coefficient (Wildman–Crippen LogP) is 4.62. The molecule has 1 N–H and O–H groups in total. The highest BCUT2D eigenvalue weighted by Crippen LogP contribution is 2.27. The van der Waals surface area contributed by atoms with E-state index in [0.717, 1.165) is 47.8 Å². The number of carbonyl (C=O) groups is 2. The normalized spacial score (nSPS) is 14.6. The maximum absolute atomic E-state index is 13.0. The van der Waals surface area contributed by atoms with Crippen molar-refractivity contribution >= 4 is 28.5 Å². The highest BCUT2D eigenvalue weighted by molar-refractivity contribution is 5.96. The summed E-state index contributed by atoms with van der Waals surface area (Å²) in [6.07, 6.45) is 7.42. The van der Waals surface area contributed by atoms with Gasteiger partial charge in [-0.15, -0.1) is 0 Å². The van der Waals surface area contributed by atoms with Crippen molar-refractivity contribution < 1.29 is 14.3 Å². The molecule has 0 radical (unpaired) electrons. The Hall–Kier alpha value is -3.08. The van der Waals surface area contributed by atoms with Gasteiger partial charge in [-0.1, -0.05) is 55.7 Å². The molecule has 0 unspecified atom stereocenters. The molecule has 0 atom stereocenters. The average Bonchev–Trinajstić information content (AvgIpc) is 3.17. The van der Waals surface area contributed by atoms with Crippen molar-refractivity contribution in [2.75, 3.05) is 11.5 Å². The van der Waals surface area contributed by atoms with Crippen molar-refractivity contribution in [3.63, 3.8) is 0 Å². The van der Waals surface area contributed by atoms with Crippen LogP contribution in [0.4, 0.5) is 5.69 Å². The lowest BCUT2D eigenvalue weighted by Gasteiger charge is -2.34. The molecule has 0 saturated heterocycles. The summed E-state index contributed by atoms with van der Waals surface area (Å²) in [7, 11) is 0. The number of nitrogens with one attached hydrogen (secondary N) is 1. The SMILES string of the molecule is O=C(Cc1c[nH]c2ccccc12)OCC(=O)N(c1ccccc1)C1CCCCC1. The van der Waals surface area contributed by atoms with Crippen molar-refractivity contribution in [2.24, 2.45) is 0 Å². The molecule has 5 nitrogen and oxygen atoms in total. The van der Waals surface area contributed by atoms with E-state index in [9.17, 15) is 9.59 Å². The van der Waals surface area contributed by atoms with Gasteiger partial charge in [0.1, 0.15) is 0 Å². The van der Waals surface area contributed by atoms with Crippen LogP contribution in [0.15, 0.2) is 60.8 Å². The Kier molecular flexibility index (Phi) is 5.94. The molecule has 2 aromatic carbocycles. The number of hydrogen-bond donors (Lipinski definition) is 1. The molecule has 4 rings (SSSR count). The first kappa shape index (κ1) is 19.2. The van der Waals surface area contributed by atoms with Crippen LogP contribution in [0.2, 0.25) is 0 Å². The molecule has 0 aliphatic heterocycles. The Bertz CT molecular complexity index is 974. The number of fused-ring (bicyclic) bond motifs is 1. The van der Waals surface area contributed by atoms with Crippen molar-refractivity contribution in [1.82, 2.24) is 4.98 Å². The number of carbonyl (C=O) groups excluding carboxylic acids is 2. The molecule has 5 heteroatoms. The summed E-state index contributed by atoms with van der Waals surface area (Å²) in [5, 5.41) is 1.00. The van der Waals surface area contributed by atoms with E-state index in [4.69, 9.17) is 4.74 Å². The molecule has 3 aromatic rings. The third-order valence-electron chi connectivity index (χ3n) is 5.61. The van der Waals surface area contributed by atoms with Crippen LogP contribution in [0.5, 0.6) is 0 Å². The second kappa shape index (κ2) is 8.95. The third-order valence-corrected chi connectivity index (χ3v) is 5.61. The molecule has 150 valence electrons. The third kappa shape index (κ3) is 4.50. The summed E-state index contributed by atoms with van der Waals surface area (Å²) in [6.45, 7) is -0.230. The zero-order chi connectivity index (χ0) is 20.1. The summed E-state index contributed by atoms with van der Waals surface area (Å²) in [5.41, 5.74) is 2.74. The minimum atomic E-state index is -0.389. The first-order valence-electron chi connectivity index (χ1n) is 10.3. The van der Waals surface area contributed by atoms with E-state index in [0.29, 0.717) is 0 Å². The summed E-state index contributed by atoms with van der Waals surface area (Å²) in [5.74, 6) is -0.546. The van der Waals surface area contributed by atoms with Crippen molar-refractivity contribution in [3.05, 3.63) is 66.4 Å². The van der Waals surface area contributed by atoms with Gasteiger partial charge in [0.15, 0.2) is 6.61 Å². The molecule has 1 aliphatic rings. The van der Waals surface area contributed by atoms with Crippen molar-refractivity contribution in [2.45, 2.75) is 44.6 Å². The number of nitrogens with zero attached hydrogens (tertiary/aromatic N) is 1. The van der Waals surface area contributed by atoms with Crippen molar-refractivity contribution in [1.29, 1.82) is 0 Å². The van der Waals surface area contributed by atoms with Gasteiger partial charge in [0.2, 0.25) is 0 Å². The van der Waals surface area contributed by atoms with Gasteiger partial charge in [0, 0.05) is 28.8 Å². The van der Waals surface area contributed by atoms with Gasteiger partial charge >= 0.3 is 5.97 Å². The molecular formula is C24H26N2O3. The quantitative estimate of drug-likeness (QED) is 0.625. The summed E-state index contributed by atoms with van der Waals surface area (Å²) in [4.78, 5) is 30.4. The zero-order valence-corrected chi connectivity index (χ0v) is 16.5. The molecule has 1 aromatic heterocycles. The van der Waals surface area contributed by atoms with E-state index >= 15 is 0 Å². The second-order valence-electron chi connectivity index (χ2n) is 7.59. The number of ether oxygens (including phenoxy) is 1. The smallest absolute Gasteiger partial charge is 0.310 e. The monoisotopic (exact) mass is 390 g/mol. The van der Waals surface area contributed by atoms with Crippen LogP contribution in [-0.4, -0.2) is 29.5 Å². The molecule has 1 heterocycles. The number of anilines is 1. The van der Waals surface area contributed by atoms with E-state index in [-0.39, 0.29) is 30.9 Å². The molecule has 29 heavy (non-hydrogen) atoms. The minimum Gasteiger partial charge on any atom is -0.455 e. The van der Waals surface area contributed by atoms with Crippen LogP contribution in [0, 0.1) is 0 Å². The number of aromatic nitrogens is 1. The summed E-state index contributed by atoms with van der Waals surface area (Å²) < 4.78 is 5.38. The topological polar surface area (TPSA) is 62.4 Å². The first-order chi connectivity index (χ1) is 14.2. The van der Waals surface area contributed by atoms with Gasteiger partial charge in [-0.05, 0) is 36.6 Å². The summed E-state index contributed by atoms with van der Waals surface area (Å²) in [6, 6.07) is 17.7. The van der Waals surface area contributed by atoms with Crippen LogP contribution in [0.3, 0.4) is 0 Å². The number of H-pyrrole nitrogens is 1. The van der Waals surface area contributed by atoms with Gasteiger partial charge in [0.25, 0.3) is 5.91 Å². The fourth-order valence-electron chi connectivity index (χ4n) is 4.18. The molecule has 1 fully saturated rings.